The molecule has 2 amide bonds. The summed E-state index contributed by atoms with van der Waals surface area (Å²) in [5.74, 6) is 1.17. The van der Waals surface area contributed by atoms with E-state index in [2.05, 4.69) is 17.6 Å². The monoisotopic (exact) mass is 369 g/mol. The van der Waals surface area contributed by atoms with E-state index in [1.165, 1.54) is 11.8 Å². The molecule has 0 unspecified atom stereocenters. The molecule has 7 heteroatoms. The normalized spacial score (nSPS) is 17.7. The molecule has 2 aliphatic heterocycles. The van der Waals surface area contributed by atoms with Crippen molar-refractivity contribution in [1.29, 1.82) is 0 Å². The molecule has 1 aromatic carbocycles. The van der Waals surface area contributed by atoms with Crippen LogP contribution >= 0.6 is 24.2 Å². The van der Waals surface area contributed by atoms with Crippen molar-refractivity contribution in [2.75, 3.05) is 37.2 Å². The highest BCUT2D eigenvalue weighted by Crippen LogP contribution is 2.32. The van der Waals surface area contributed by atoms with E-state index in [1.807, 2.05) is 23.1 Å². The van der Waals surface area contributed by atoms with Crippen LogP contribution in [-0.2, 0) is 4.79 Å². The van der Waals surface area contributed by atoms with Crippen LogP contribution < -0.4 is 10.6 Å². The van der Waals surface area contributed by atoms with Crippen molar-refractivity contribution in [3.63, 3.8) is 0 Å². The summed E-state index contributed by atoms with van der Waals surface area (Å²) < 4.78 is 0. The summed E-state index contributed by atoms with van der Waals surface area (Å²) in [6.07, 6.45) is 2.10. The summed E-state index contributed by atoms with van der Waals surface area (Å²) in [7, 11) is 0. The van der Waals surface area contributed by atoms with Crippen molar-refractivity contribution in [2.24, 2.45) is 5.92 Å². The van der Waals surface area contributed by atoms with E-state index < -0.39 is 0 Å². The highest BCUT2D eigenvalue weighted by molar-refractivity contribution is 8.00. The van der Waals surface area contributed by atoms with Crippen LogP contribution in [0, 0.1) is 5.92 Å². The summed E-state index contributed by atoms with van der Waals surface area (Å²) in [5.41, 5.74) is 1.43. The van der Waals surface area contributed by atoms with Crippen LogP contribution in [0.25, 0.3) is 0 Å². The van der Waals surface area contributed by atoms with Crippen molar-refractivity contribution in [3.05, 3.63) is 23.8 Å². The van der Waals surface area contributed by atoms with Gasteiger partial charge in [-0.05, 0) is 50.0 Å². The number of benzene rings is 1. The van der Waals surface area contributed by atoms with Crippen LogP contribution in [0.2, 0.25) is 0 Å². The first-order valence-electron chi connectivity index (χ1n) is 8.24. The molecule has 1 aromatic rings. The number of hydrogen-bond acceptors (Lipinski definition) is 4. The zero-order valence-corrected chi connectivity index (χ0v) is 15.5. The maximum Gasteiger partial charge on any atom is 0.253 e. The van der Waals surface area contributed by atoms with Gasteiger partial charge in [-0.2, -0.15) is 0 Å². The molecule has 0 bridgehead atoms. The number of carbonyl (C=O) groups is 2. The molecule has 0 spiro atoms. The first-order chi connectivity index (χ1) is 11.2. The largest absolute Gasteiger partial charge is 0.339 e. The third kappa shape index (κ3) is 4.43. The first kappa shape index (κ1) is 19.1. The highest BCUT2D eigenvalue weighted by atomic mass is 35.5. The van der Waals surface area contributed by atoms with Crippen LogP contribution in [0.5, 0.6) is 0 Å². The van der Waals surface area contributed by atoms with Crippen molar-refractivity contribution < 1.29 is 9.59 Å². The molecule has 2 N–H and O–H groups in total. The molecule has 5 nitrogen and oxygen atoms in total. The Kier molecular flexibility index (Phi) is 6.95. The smallest absolute Gasteiger partial charge is 0.253 e. The Morgan fingerprint density at radius 1 is 1.38 bits per heavy atom. The Morgan fingerprint density at radius 3 is 2.83 bits per heavy atom. The van der Waals surface area contributed by atoms with Gasteiger partial charge in [-0.1, -0.05) is 6.92 Å². The number of likely N-dealkylation sites (tertiary alicyclic amines) is 1. The Labute approximate surface area is 153 Å². The SMILES string of the molecule is CCNCC1CCN(C(=O)c2ccc3c(c2)NC(=O)CS3)CC1.Cl. The second kappa shape index (κ2) is 8.74. The quantitative estimate of drug-likeness (QED) is 0.856. The number of nitrogens with one attached hydrogen (secondary N) is 2. The summed E-state index contributed by atoms with van der Waals surface area (Å²) in [5, 5.41) is 6.24. The van der Waals surface area contributed by atoms with E-state index in [1.54, 1.807) is 0 Å². The molecule has 0 atom stereocenters. The Hall–Kier alpha value is -1.24. The molecular formula is C17H24ClN3O2S. The standard InChI is InChI=1S/C17H23N3O2S.ClH/c1-2-18-10-12-5-7-20(8-6-12)17(22)13-3-4-15-14(9-13)19-16(21)11-23-15;/h3-4,9,12,18H,2,5-8,10-11H2,1H3,(H,19,21);1H. The Bertz CT molecular complexity index is 603. The molecule has 2 aliphatic rings. The molecule has 2 heterocycles. The van der Waals surface area contributed by atoms with Crippen LogP contribution in [0.15, 0.2) is 23.1 Å². The maximum atomic E-state index is 12.7. The minimum absolute atomic E-state index is 0. The molecular weight excluding hydrogens is 346 g/mol. The minimum Gasteiger partial charge on any atom is -0.339 e. The van der Waals surface area contributed by atoms with E-state index in [0.29, 0.717) is 17.2 Å². The predicted octanol–water partition coefficient (Wildman–Crippen LogP) is 2.61. The number of halogens is 1. The molecule has 0 aromatic heterocycles. The number of nitrogens with zero attached hydrogens (tertiary/aromatic N) is 1. The predicted molar refractivity (Wildman–Crippen MR) is 100 cm³/mol. The second-order valence-electron chi connectivity index (χ2n) is 6.09. The van der Waals surface area contributed by atoms with Gasteiger partial charge in [-0.25, -0.2) is 0 Å². The van der Waals surface area contributed by atoms with Gasteiger partial charge in [0.25, 0.3) is 5.91 Å². The average Bonchev–Trinajstić information content (AvgIpc) is 2.59. The van der Waals surface area contributed by atoms with Crippen LogP contribution in [0.1, 0.15) is 30.1 Å². The van der Waals surface area contributed by atoms with Gasteiger partial charge in [0.1, 0.15) is 0 Å². The van der Waals surface area contributed by atoms with Crippen LogP contribution in [0.4, 0.5) is 5.69 Å². The molecule has 24 heavy (non-hydrogen) atoms. The van der Waals surface area contributed by atoms with Gasteiger partial charge in [0, 0.05) is 23.5 Å². The topological polar surface area (TPSA) is 61.4 Å². The number of thioether (sulfide) groups is 1. The van der Waals surface area contributed by atoms with Crippen molar-refractivity contribution in [2.45, 2.75) is 24.7 Å². The van der Waals surface area contributed by atoms with Crippen LogP contribution in [0.3, 0.4) is 0 Å². The molecule has 132 valence electrons. The van der Waals surface area contributed by atoms with E-state index >= 15 is 0 Å². The fraction of sp³-hybridized carbons (Fsp3) is 0.529. The number of fused-ring (bicyclic) bond motifs is 1. The number of carbonyl (C=O) groups excluding carboxylic acids is 2. The number of rotatable bonds is 4. The summed E-state index contributed by atoms with van der Waals surface area (Å²) >= 11 is 1.52. The van der Waals surface area contributed by atoms with E-state index in [4.69, 9.17) is 0 Å². The van der Waals surface area contributed by atoms with E-state index in [-0.39, 0.29) is 24.2 Å². The summed E-state index contributed by atoms with van der Waals surface area (Å²) in [6.45, 7) is 5.78. The summed E-state index contributed by atoms with van der Waals surface area (Å²) in [6, 6.07) is 5.62. The molecule has 0 saturated carbocycles. The third-order valence-corrected chi connectivity index (χ3v) is 5.52. The Morgan fingerprint density at radius 2 is 2.12 bits per heavy atom. The van der Waals surface area contributed by atoms with E-state index in [9.17, 15) is 9.59 Å². The zero-order chi connectivity index (χ0) is 16.2. The van der Waals surface area contributed by atoms with Gasteiger partial charge in [0.2, 0.25) is 5.91 Å². The van der Waals surface area contributed by atoms with Gasteiger partial charge >= 0.3 is 0 Å². The molecule has 1 saturated heterocycles. The lowest BCUT2D eigenvalue weighted by Crippen LogP contribution is -2.40. The Balaban J connectivity index is 0.00000208. The lowest BCUT2D eigenvalue weighted by atomic mass is 9.96. The first-order valence-corrected chi connectivity index (χ1v) is 9.22. The maximum absolute atomic E-state index is 12.7. The highest BCUT2D eigenvalue weighted by Gasteiger charge is 2.24. The fourth-order valence-electron chi connectivity index (χ4n) is 3.09. The van der Waals surface area contributed by atoms with Gasteiger partial charge in [-0.15, -0.1) is 24.2 Å². The van der Waals surface area contributed by atoms with Gasteiger partial charge in [0.15, 0.2) is 0 Å². The molecule has 0 radical (unpaired) electrons. The number of hydrogen-bond donors (Lipinski definition) is 2. The fourth-order valence-corrected chi connectivity index (χ4v) is 3.88. The zero-order valence-electron chi connectivity index (χ0n) is 13.8. The van der Waals surface area contributed by atoms with Crippen LogP contribution in [-0.4, -0.2) is 48.6 Å². The van der Waals surface area contributed by atoms with E-state index in [0.717, 1.165) is 49.6 Å². The molecule has 3 rings (SSSR count). The van der Waals surface area contributed by atoms with Gasteiger partial charge in [-0.3, -0.25) is 9.59 Å². The lowest BCUT2D eigenvalue weighted by molar-refractivity contribution is -0.113. The third-order valence-electron chi connectivity index (χ3n) is 4.44. The van der Waals surface area contributed by atoms with Crippen molar-refractivity contribution in [3.8, 4) is 0 Å². The number of anilines is 1. The molecule has 0 aliphatic carbocycles. The lowest BCUT2D eigenvalue weighted by Gasteiger charge is -2.32. The average molecular weight is 370 g/mol. The van der Waals surface area contributed by atoms with Gasteiger partial charge in [0.05, 0.1) is 11.4 Å². The number of amides is 2. The van der Waals surface area contributed by atoms with Gasteiger partial charge < -0.3 is 15.5 Å². The minimum atomic E-state index is -0.00339. The number of piperidine rings is 1. The summed E-state index contributed by atoms with van der Waals surface area (Å²) in [4.78, 5) is 27.1. The van der Waals surface area contributed by atoms with Crippen molar-refractivity contribution >= 4 is 41.7 Å². The molecule has 1 fully saturated rings. The second-order valence-corrected chi connectivity index (χ2v) is 7.11. The van der Waals surface area contributed by atoms with Crippen molar-refractivity contribution in [1.82, 2.24) is 10.2 Å².